The van der Waals surface area contributed by atoms with Gasteiger partial charge in [-0.1, -0.05) is 0 Å². The molecule has 1 saturated carbocycles. The Morgan fingerprint density at radius 2 is 2.10 bits per heavy atom. The van der Waals surface area contributed by atoms with Crippen molar-refractivity contribution in [2.45, 2.75) is 44.3 Å². The summed E-state index contributed by atoms with van der Waals surface area (Å²) < 4.78 is 21.6. The molecule has 1 saturated heterocycles. The second kappa shape index (κ2) is 7.26. The maximum absolute atomic E-state index is 14.2. The Bertz CT molecular complexity index is 1050. The molecule has 7 nitrogen and oxygen atoms in total. The van der Waals surface area contributed by atoms with Gasteiger partial charge in [-0.2, -0.15) is 5.10 Å². The topological polar surface area (TPSA) is 76.4 Å². The normalized spacial score (nSPS) is 22.0. The lowest BCUT2D eigenvalue weighted by atomic mass is 10.1. The highest BCUT2D eigenvalue weighted by Crippen LogP contribution is 2.43. The van der Waals surface area contributed by atoms with Crippen molar-refractivity contribution in [3.05, 3.63) is 35.7 Å². The van der Waals surface area contributed by atoms with Crippen LogP contribution in [0.2, 0.25) is 0 Å². The van der Waals surface area contributed by atoms with Gasteiger partial charge < -0.3 is 15.4 Å². The van der Waals surface area contributed by atoms with Crippen molar-refractivity contribution in [1.29, 1.82) is 0 Å². The predicted molar refractivity (Wildman–Crippen MR) is 109 cm³/mol. The van der Waals surface area contributed by atoms with Crippen LogP contribution >= 0.6 is 0 Å². The van der Waals surface area contributed by atoms with Gasteiger partial charge in [0.25, 0.3) is 0 Å². The van der Waals surface area contributed by atoms with Crippen LogP contribution in [0.15, 0.2) is 24.4 Å². The zero-order valence-electron chi connectivity index (χ0n) is 16.7. The van der Waals surface area contributed by atoms with Crippen LogP contribution in [0, 0.1) is 6.92 Å². The lowest BCUT2D eigenvalue weighted by molar-refractivity contribution is 0.241. The van der Waals surface area contributed by atoms with Crippen molar-refractivity contribution in [2.24, 2.45) is 0 Å². The summed E-state index contributed by atoms with van der Waals surface area (Å²) in [5, 5.41) is 11.3. The van der Waals surface area contributed by atoms with Gasteiger partial charge in [-0.15, -0.1) is 0 Å². The Morgan fingerprint density at radius 1 is 1.24 bits per heavy atom. The van der Waals surface area contributed by atoms with E-state index in [4.69, 9.17) is 14.8 Å². The smallest absolute Gasteiger partial charge is 0.157 e. The van der Waals surface area contributed by atoms with Crippen LogP contribution in [-0.2, 0) is 0 Å². The van der Waals surface area contributed by atoms with Crippen molar-refractivity contribution in [3.63, 3.8) is 0 Å². The largest absolute Gasteiger partial charge is 0.495 e. The molecule has 2 unspecified atom stereocenters. The van der Waals surface area contributed by atoms with E-state index in [-0.39, 0.29) is 6.04 Å². The maximum Gasteiger partial charge on any atom is 0.157 e. The molecule has 5 rings (SSSR count). The molecule has 2 N–H and O–H groups in total. The number of anilines is 1. The molecule has 0 aromatic carbocycles. The van der Waals surface area contributed by atoms with E-state index in [0.29, 0.717) is 31.2 Å². The number of nitrogens with zero attached hydrogens (tertiary/aromatic N) is 4. The second-order valence-electron chi connectivity index (χ2n) is 7.96. The first kappa shape index (κ1) is 18.3. The van der Waals surface area contributed by atoms with E-state index in [1.165, 1.54) is 0 Å². The third-order valence-corrected chi connectivity index (χ3v) is 5.63. The van der Waals surface area contributed by atoms with Gasteiger partial charge in [0.15, 0.2) is 5.65 Å². The Balaban J connectivity index is 1.52. The molecule has 2 atom stereocenters. The number of alkyl halides is 1. The van der Waals surface area contributed by atoms with Crippen molar-refractivity contribution >= 4 is 11.5 Å². The molecule has 1 aliphatic heterocycles. The van der Waals surface area contributed by atoms with Gasteiger partial charge >= 0.3 is 0 Å². The number of fused-ring (bicyclic) bond motifs is 1. The van der Waals surface area contributed by atoms with Crippen LogP contribution < -0.4 is 15.4 Å². The molecule has 4 heterocycles. The fourth-order valence-corrected chi connectivity index (χ4v) is 3.92. The molecule has 8 heteroatoms. The van der Waals surface area contributed by atoms with Crippen molar-refractivity contribution in [2.75, 3.05) is 25.5 Å². The lowest BCUT2D eigenvalue weighted by Gasteiger charge is -2.28. The van der Waals surface area contributed by atoms with Crippen LogP contribution in [0.5, 0.6) is 5.75 Å². The molecule has 1 aliphatic carbocycles. The summed E-state index contributed by atoms with van der Waals surface area (Å²) in [4.78, 5) is 9.25. The number of aromatic nitrogens is 4. The zero-order valence-corrected chi connectivity index (χ0v) is 16.7. The fraction of sp³-hybridized carbons (Fsp3) is 0.476. The van der Waals surface area contributed by atoms with Crippen LogP contribution in [-0.4, -0.2) is 52.0 Å². The Labute approximate surface area is 168 Å². The molecular weight excluding hydrogens is 371 g/mol. The average molecular weight is 396 g/mol. The molecule has 0 spiro atoms. The molecule has 29 heavy (non-hydrogen) atoms. The SMILES string of the molecule is COc1cc2ncc(-c3cc(C)cc(NC4CNCCC4F)n3)n2nc1C1CC1. The molecule has 2 aliphatic rings. The fourth-order valence-electron chi connectivity index (χ4n) is 3.92. The number of pyridine rings is 1. The summed E-state index contributed by atoms with van der Waals surface area (Å²) in [6, 6.07) is 5.60. The van der Waals surface area contributed by atoms with Gasteiger partial charge in [0.1, 0.15) is 29.1 Å². The first-order valence-electron chi connectivity index (χ1n) is 10.2. The summed E-state index contributed by atoms with van der Waals surface area (Å²) in [6.45, 7) is 3.32. The summed E-state index contributed by atoms with van der Waals surface area (Å²) >= 11 is 0. The molecule has 3 aromatic heterocycles. The first-order valence-corrected chi connectivity index (χ1v) is 10.2. The van der Waals surface area contributed by atoms with Gasteiger partial charge in [0.2, 0.25) is 0 Å². The quantitative estimate of drug-likeness (QED) is 0.690. The minimum absolute atomic E-state index is 0.281. The number of rotatable bonds is 5. The van der Waals surface area contributed by atoms with Gasteiger partial charge in [-0.3, -0.25) is 0 Å². The summed E-state index contributed by atoms with van der Waals surface area (Å²) in [7, 11) is 1.67. The van der Waals surface area contributed by atoms with Crippen molar-refractivity contribution in [3.8, 4) is 17.1 Å². The number of ether oxygens (including phenoxy) is 1. The highest BCUT2D eigenvalue weighted by Gasteiger charge is 2.30. The third-order valence-electron chi connectivity index (χ3n) is 5.63. The number of nitrogens with one attached hydrogen (secondary N) is 2. The van der Waals surface area contributed by atoms with Crippen LogP contribution in [0.4, 0.5) is 10.2 Å². The number of aryl methyl sites for hydroxylation is 1. The van der Waals surface area contributed by atoms with E-state index in [1.807, 2.05) is 29.6 Å². The lowest BCUT2D eigenvalue weighted by Crippen LogP contribution is -2.46. The van der Waals surface area contributed by atoms with E-state index in [9.17, 15) is 4.39 Å². The number of hydrogen-bond acceptors (Lipinski definition) is 6. The monoisotopic (exact) mass is 396 g/mol. The molecule has 3 aromatic rings. The Morgan fingerprint density at radius 3 is 2.86 bits per heavy atom. The van der Waals surface area contributed by atoms with Gasteiger partial charge in [-0.25, -0.2) is 18.9 Å². The van der Waals surface area contributed by atoms with Gasteiger partial charge in [0, 0.05) is 18.5 Å². The maximum atomic E-state index is 14.2. The highest BCUT2D eigenvalue weighted by atomic mass is 19.1. The van der Waals surface area contributed by atoms with E-state index < -0.39 is 6.17 Å². The van der Waals surface area contributed by atoms with Gasteiger partial charge in [-0.05, 0) is 50.4 Å². The third kappa shape index (κ3) is 3.53. The van der Waals surface area contributed by atoms with Crippen LogP contribution in [0.1, 0.15) is 36.4 Å². The highest BCUT2D eigenvalue weighted by molar-refractivity contribution is 5.63. The predicted octanol–water partition coefficient (Wildman–Crippen LogP) is 3.10. The Kier molecular flexibility index (Phi) is 4.58. The molecule has 2 fully saturated rings. The van der Waals surface area contributed by atoms with Crippen LogP contribution in [0.25, 0.3) is 17.0 Å². The van der Waals surface area contributed by atoms with E-state index in [2.05, 4.69) is 15.6 Å². The van der Waals surface area contributed by atoms with Crippen molar-refractivity contribution in [1.82, 2.24) is 24.9 Å². The number of piperidine rings is 1. The van der Waals surface area contributed by atoms with Crippen LogP contribution in [0.3, 0.4) is 0 Å². The number of imidazole rings is 1. The summed E-state index contributed by atoms with van der Waals surface area (Å²) in [5.74, 6) is 1.91. The first-order chi connectivity index (χ1) is 14.1. The average Bonchev–Trinajstić information content (AvgIpc) is 3.48. The van der Waals surface area contributed by atoms with E-state index in [1.54, 1.807) is 13.3 Å². The standard InChI is InChI=1S/C21H25FN6O/c1-12-7-15(25-19(8-12)26-16-10-23-6-5-14(16)22)17-11-24-20-9-18(29-2)21(13-3-4-13)27-28(17)20/h7-9,11,13-14,16,23H,3-6,10H2,1-2H3,(H,25,26). The Hall–Kier alpha value is -2.74. The van der Waals surface area contributed by atoms with E-state index >= 15 is 0 Å². The summed E-state index contributed by atoms with van der Waals surface area (Å²) in [5.41, 5.74) is 4.31. The van der Waals surface area contributed by atoms with Crippen molar-refractivity contribution < 1.29 is 9.13 Å². The number of methoxy groups -OCH3 is 1. The second-order valence-corrected chi connectivity index (χ2v) is 7.96. The van der Waals surface area contributed by atoms with E-state index in [0.717, 1.165) is 46.9 Å². The minimum Gasteiger partial charge on any atom is -0.495 e. The molecule has 0 radical (unpaired) electrons. The minimum atomic E-state index is -0.881. The van der Waals surface area contributed by atoms with Gasteiger partial charge in [0.05, 0.1) is 25.0 Å². The summed E-state index contributed by atoms with van der Waals surface area (Å²) in [6.07, 6.45) is 3.68. The molecule has 0 amide bonds. The molecule has 152 valence electrons. The number of hydrogen-bond donors (Lipinski definition) is 2. The zero-order chi connectivity index (χ0) is 20.0. The number of halogens is 1. The molecular formula is C21H25FN6O. The molecule has 0 bridgehead atoms.